The normalized spacial score (nSPS) is 13.8. The van der Waals surface area contributed by atoms with Crippen molar-refractivity contribution in [3.05, 3.63) is 46.9 Å². The van der Waals surface area contributed by atoms with Gasteiger partial charge in [-0.3, -0.25) is 0 Å². The van der Waals surface area contributed by atoms with E-state index in [1.165, 1.54) is 11.3 Å². The highest BCUT2D eigenvalue weighted by Crippen LogP contribution is 2.21. The molecule has 6 heteroatoms. The summed E-state index contributed by atoms with van der Waals surface area (Å²) < 4.78 is 10.7. The van der Waals surface area contributed by atoms with Crippen molar-refractivity contribution < 1.29 is 9.47 Å². The van der Waals surface area contributed by atoms with Crippen LogP contribution in [0.15, 0.2) is 24.3 Å². The summed E-state index contributed by atoms with van der Waals surface area (Å²) in [6.45, 7) is 5.90. The molecule has 2 N–H and O–H groups in total. The first-order valence-corrected chi connectivity index (χ1v) is 9.34. The summed E-state index contributed by atoms with van der Waals surface area (Å²) in [5.74, 6) is 2.74. The van der Waals surface area contributed by atoms with Crippen LogP contribution >= 0.6 is 0 Å². The molecule has 26 heavy (non-hydrogen) atoms. The quantitative estimate of drug-likeness (QED) is 0.708. The van der Waals surface area contributed by atoms with E-state index in [1.54, 1.807) is 7.11 Å². The van der Waals surface area contributed by atoms with Gasteiger partial charge in [0, 0.05) is 38.6 Å². The van der Waals surface area contributed by atoms with E-state index in [9.17, 15) is 0 Å². The van der Waals surface area contributed by atoms with E-state index >= 15 is 0 Å². The number of aromatic nitrogens is 2. The van der Waals surface area contributed by atoms with Crippen LogP contribution in [0.25, 0.3) is 0 Å². The van der Waals surface area contributed by atoms with Crippen LogP contribution in [-0.2, 0) is 30.5 Å². The van der Waals surface area contributed by atoms with Crippen molar-refractivity contribution in [1.29, 1.82) is 0 Å². The topological polar surface area (TPSA) is 68.3 Å². The summed E-state index contributed by atoms with van der Waals surface area (Å²) >= 11 is 0. The molecule has 1 aromatic carbocycles. The van der Waals surface area contributed by atoms with Crippen molar-refractivity contribution in [1.82, 2.24) is 15.3 Å². The SMILES string of the molecule is CCc1nc2c(c(NCc3cccc(OCCOC)c3)n1)CCNCC2. The summed E-state index contributed by atoms with van der Waals surface area (Å²) in [5, 5.41) is 6.97. The van der Waals surface area contributed by atoms with Crippen LogP contribution in [0.2, 0.25) is 0 Å². The Balaban J connectivity index is 1.72. The lowest BCUT2D eigenvalue weighted by atomic mass is 10.1. The maximum Gasteiger partial charge on any atom is 0.133 e. The number of ether oxygens (including phenoxy) is 2. The van der Waals surface area contributed by atoms with Gasteiger partial charge in [-0.15, -0.1) is 0 Å². The molecule has 0 bridgehead atoms. The number of hydrogen-bond donors (Lipinski definition) is 2. The molecule has 2 aromatic rings. The lowest BCUT2D eigenvalue weighted by Gasteiger charge is -2.15. The van der Waals surface area contributed by atoms with Gasteiger partial charge in [0.15, 0.2) is 0 Å². The molecule has 0 saturated carbocycles. The van der Waals surface area contributed by atoms with Gasteiger partial charge in [-0.05, 0) is 30.7 Å². The smallest absolute Gasteiger partial charge is 0.133 e. The van der Waals surface area contributed by atoms with Crippen LogP contribution in [0.5, 0.6) is 5.75 Å². The molecule has 0 amide bonds. The fraction of sp³-hybridized carbons (Fsp3) is 0.500. The molecule has 1 aliphatic rings. The minimum absolute atomic E-state index is 0.555. The largest absolute Gasteiger partial charge is 0.491 e. The zero-order valence-corrected chi connectivity index (χ0v) is 15.7. The standard InChI is InChI=1S/C20H28N4O2/c1-3-19-23-18-8-10-21-9-7-17(18)20(24-19)22-14-15-5-4-6-16(13-15)26-12-11-25-2/h4-6,13,21H,3,7-12,14H2,1-2H3,(H,22,23,24). The fourth-order valence-corrected chi connectivity index (χ4v) is 3.07. The van der Waals surface area contributed by atoms with Crippen molar-refractivity contribution in [2.45, 2.75) is 32.7 Å². The van der Waals surface area contributed by atoms with Crippen molar-refractivity contribution in [2.24, 2.45) is 0 Å². The summed E-state index contributed by atoms with van der Waals surface area (Å²) in [6, 6.07) is 8.14. The van der Waals surface area contributed by atoms with Gasteiger partial charge in [0.2, 0.25) is 0 Å². The summed E-state index contributed by atoms with van der Waals surface area (Å²) in [7, 11) is 1.68. The maximum absolute atomic E-state index is 5.70. The molecule has 0 spiro atoms. The Kier molecular flexibility index (Phi) is 6.80. The average Bonchev–Trinajstić information content (AvgIpc) is 2.92. The van der Waals surface area contributed by atoms with Gasteiger partial charge in [-0.1, -0.05) is 19.1 Å². The summed E-state index contributed by atoms with van der Waals surface area (Å²) in [4.78, 5) is 9.49. The molecule has 2 heterocycles. The Hall–Kier alpha value is -2.18. The molecule has 140 valence electrons. The number of hydrogen-bond acceptors (Lipinski definition) is 6. The van der Waals surface area contributed by atoms with Crippen LogP contribution in [0.1, 0.15) is 29.6 Å². The van der Waals surface area contributed by atoms with E-state index in [1.807, 2.05) is 12.1 Å². The molecule has 3 rings (SSSR count). The second-order valence-corrected chi connectivity index (χ2v) is 6.36. The first-order chi connectivity index (χ1) is 12.8. The Morgan fingerprint density at radius 3 is 2.88 bits per heavy atom. The summed E-state index contributed by atoms with van der Waals surface area (Å²) in [6.07, 6.45) is 2.77. The van der Waals surface area contributed by atoms with Crippen molar-refractivity contribution in [2.75, 3.05) is 38.7 Å². The van der Waals surface area contributed by atoms with Crippen LogP contribution < -0.4 is 15.4 Å². The third-order valence-corrected chi connectivity index (χ3v) is 4.46. The second-order valence-electron chi connectivity index (χ2n) is 6.36. The van der Waals surface area contributed by atoms with Crippen molar-refractivity contribution in [3.8, 4) is 5.75 Å². The number of methoxy groups -OCH3 is 1. The second kappa shape index (κ2) is 9.50. The van der Waals surface area contributed by atoms with E-state index in [0.29, 0.717) is 19.8 Å². The highest BCUT2D eigenvalue weighted by molar-refractivity contribution is 5.48. The minimum Gasteiger partial charge on any atom is -0.491 e. The van der Waals surface area contributed by atoms with Gasteiger partial charge >= 0.3 is 0 Å². The average molecular weight is 356 g/mol. The third kappa shape index (κ3) is 4.93. The minimum atomic E-state index is 0.555. The van der Waals surface area contributed by atoms with E-state index in [4.69, 9.17) is 19.4 Å². The number of fused-ring (bicyclic) bond motifs is 1. The van der Waals surface area contributed by atoms with Gasteiger partial charge in [0.1, 0.15) is 24.0 Å². The van der Waals surface area contributed by atoms with Gasteiger partial charge in [0.05, 0.1) is 12.3 Å². The number of aryl methyl sites for hydroxylation is 1. The van der Waals surface area contributed by atoms with Crippen LogP contribution in [0, 0.1) is 0 Å². The monoisotopic (exact) mass is 356 g/mol. The maximum atomic E-state index is 5.70. The fourth-order valence-electron chi connectivity index (χ4n) is 3.07. The predicted molar refractivity (Wildman–Crippen MR) is 103 cm³/mol. The molecule has 0 atom stereocenters. The summed E-state index contributed by atoms with van der Waals surface area (Å²) in [5.41, 5.74) is 3.60. The van der Waals surface area contributed by atoms with Crippen LogP contribution in [0.3, 0.4) is 0 Å². The lowest BCUT2D eigenvalue weighted by molar-refractivity contribution is 0.146. The highest BCUT2D eigenvalue weighted by atomic mass is 16.5. The lowest BCUT2D eigenvalue weighted by Crippen LogP contribution is -2.16. The van der Waals surface area contributed by atoms with Crippen LogP contribution in [0.4, 0.5) is 5.82 Å². The highest BCUT2D eigenvalue weighted by Gasteiger charge is 2.16. The number of rotatable bonds is 8. The molecule has 0 unspecified atom stereocenters. The number of benzene rings is 1. The molecule has 0 aliphatic carbocycles. The molecule has 0 fully saturated rings. The van der Waals surface area contributed by atoms with Crippen molar-refractivity contribution in [3.63, 3.8) is 0 Å². The zero-order chi connectivity index (χ0) is 18.2. The van der Waals surface area contributed by atoms with E-state index in [0.717, 1.165) is 55.3 Å². The number of anilines is 1. The molecule has 0 saturated heterocycles. The first kappa shape index (κ1) is 18.6. The Labute approximate surface area is 155 Å². The third-order valence-electron chi connectivity index (χ3n) is 4.46. The van der Waals surface area contributed by atoms with Gasteiger partial charge in [-0.25, -0.2) is 9.97 Å². The zero-order valence-electron chi connectivity index (χ0n) is 15.7. The molecular weight excluding hydrogens is 328 g/mol. The predicted octanol–water partition coefficient (Wildman–Crippen LogP) is 2.36. The van der Waals surface area contributed by atoms with E-state index in [-0.39, 0.29) is 0 Å². The van der Waals surface area contributed by atoms with Crippen molar-refractivity contribution >= 4 is 5.82 Å². The molecule has 0 radical (unpaired) electrons. The Morgan fingerprint density at radius 1 is 1.15 bits per heavy atom. The Bertz CT molecular complexity index is 721. The number of nitrogens with zero attached hydrogens (tertiary/aromatic N) is 2. The molecule has 1 aliphatic heterocycles. The number of nitrogens with one attached hydrogen (secondary N) is 2. The molecule has 6 nitrogen and oxygen atoms in total. The van der Waals surface area contributed by atoms with Gasteiger partial charge in [0.25, 0.3) is 0 Å². The Morgan fingerprint density at radius 2 is 2.04 bits per heavy atom. The van der Waals surface area contributed by atoms with Gasteiger partial charge in [-0.2, -0.15) is 0 Å². The molecule has 1 aromatic heterocycles. The van der Waals surface area contributed by atoms with Crippen LogP contribution in [-0.4, -0.2) is 43.4 Å². The first-order valence-electron chi connectivity index (χ1n) is 9.34. The van der Waals surface area contributed by atoms with E-state index < -0.39 is 0 Å². The van der Waals surface area contributed by atoms with E-state index in [2.05, 4.69) is 29.7 Å². The van der Waals surface area contributed by atoms with Gasteiger partial charge < -0.3 is 20.1 Å². The molecular formula is C20H28N4O2.